The normalized spacial score (nSPS) is 16.5. The van der Waals surface area contributed by atoms with Crippen molar-refractivity contribution in [1.29, 1.82) is 0 Å². The van der Waals surface area contributed by atoms with Crippen molar-refractivity contribution in [3.05, 3.63) is 0 Å². The van der Waals surface area contributed by atoms with Crippen LogP contribution in [0.25, 0.3) is 0 Å². The van der Waals surface area contributed by atoms with Gasteiger partial charge in [0.25, 0.3) is 0 Å². The molecule has 1 rings (SSSR count). The van der Waals surface area contributed by atoms with Crippen LogP contribution in [0.5, 0.6) is 0 Å². The minimum Gasteiger partial charge on any atom is -0.340 e. The van der Waals surface area contributed by atoms with E-state index in [0.29, 0.717) is 18.5 Å². The van der Waals surface area contributed by atoms with Crippen molar-refractivity contribution in [1.82, 2.24) is 15.1 Å². The summed E-state index contributed by atoms with van der Waals surface area (Å²) in [5.74, 6) is 0.778. The quantitative estimate of drug-likeness (QED) is 0.726. The first-order valence-electron chi connectivity index (χ1n) is 7.65. The van der Waals surface area contributed by atoms with Crippen LogP contribution in [-0.4, -0.2) is 62.0 Å². The third-order valence-corrected chi connectivity index (χ3v) is 3.65. The van der Waals surface area contributed by atoms with Gasteiger partial charge in [-0.1, -0.05) is 26.7 Å². The Morgan fingerprint density at radius 2 is 1.84 bits per heavy atom. The minimum absolute atomic E-state index is 0.252. The summed E-state index contributed by atoms with van der Waals surface area (Å²) in [6.07, 6.45) is 5.08. The molecule has 0 radical (unpaired) electrons. The Morgan fingerprint density at radius 1 is 1.21 bits per heavy atom. The van der Waals surface area contributed by atoms with Crippen molar-refractivity contribution >= 4 is 5.91 Å². The molecule has 1 aliphatic rings. The second-order valence-electron chi connectivity index (χ2n) is 6.40. The van der Waals surface area contributed by atoms with Gasteiger partial charge in [-0.25, -0.2) is 0 Å². The molecule has 0 aromatic heterocycles. The van der Waals surface area contributed by atoms with Crippen molar-refractivity contribution in [3.8, 4) is 0 Å². The molecule has 0 atom stereocenters. The van der Waals surface area contributed by atoms with Gasteiger partial charge < -0.3 is 15.1 Å². The number of likely N-dealkylation sites (N-methyl/N-ethyl adjacent to an activating group) is 1. The zero-order valence-electron chi connectivity index (χ0n) is 13.1. The summed E-state index contributed by atoms with van der Waals surface area (Å²) in [6.45, 7) is 7.46. The molecule has 0 heterocycles. The Morgan fingerprint density at radius 3 is 2.37 bits per heavy atom. The predicted octanol–water partition coefficient (Wildman–Crippen LogP) is 1.56. The van der Waals surface area contributed by atoms with Gasteiger partial charge in [-0.05, 0) is 32.9 Å². The number of rotatable bonds is 8. The van der Waals surface area contributed by atoms with Gasteiger partial charge >= 0.3 is 0 Å². The third kappa shape index (κ3) is 6.92. The molecule has 4 heteroatoms. The van der Waals surface area contributed by atoms with Crippen LogP contribution in [-0.2, 0) is 4.79 Å². The average Bonchev–Trinajstić information content (AvgIpc) is 2.83. The highest BCUT2D eigenvalue weighted by molar-refractivity contribution is 5.78. The summed E-state index contributed by atoms with van der Waals surface area (Å²) in [5.41, 5.74) is 0. The highest BCUT2D eigenvalue weighted by Crippen LogP contribution is 2.17. The van der Waals surface area contributed by atoms with E-state index in [1.54, 1.807) is 0 Å². The van der Waals surface area contributed by atoms with E-state index in [2.05, 4.69) is 38.2 Å². The van der Waals surface area contributed by atoms with Crippen LogP contribution in [0, 0.1) is 5.92 Å². The highest BCUT2D eigenvalue weighted by Gasteiger charge is 2.18. The van der Waals surface area contributed by atoms with Crippen LogP contribution in [0.4, 0.5) is 0 Å². The maximum atomic E-state index is 12.3. The van der Waals surface area contributed by atoms with Crippen LogP contribution in [0.15, 0.2) is 0 Å². The summed E-state index contributed by atoms with van der Waals surface area (Å²) in [4.78, 5) is 16.4. The summed E-state index contributed by atoms with van der Waals surface area (Å²) < 4.78 is 0. The molecule has 0 bridgehead atoms. The molecule has 1 saturated carbocycles. The van der Waals surface area contributed by atoms with Crippen LogP contribution in [0.1, 0.15) is 39.5 Å². The molecule has 112 valence electrons. The zero-order chi connectivity index (χ0) is 14.3. The second kappa shape index (κ2) is 8.54. The molecule has 0 aromatic carbocycles. The maximum Gasteiger partial charge on any atom is 0.236 e. The summed E-state index contributed by atoms with van der Waals surface area (Å²) in [6, 6.07) is 0.568. The standard InChI is InChI=1S/C15H31N3O/c1-13(2)12-18(10-9-17(3)4)15(19)11-16-14-7-5-6-8-14/h13-14,16H,5-12H2,1-4H3. The second-order valence-corrected chi connectivity index (χ2v) is 6.40. The van der Waals surface area contributed by atoms with Crippen molar-refractivity contribution in [2.45, 2.75) is 45.6 Å². The Bertz CT molecular complexity index is 260. The largest absolute Gasteiger partial charge is 0.340 e. The van der Waals surface area contributed by atoms with Crippen LogP contribution in [0.2, 0.25) is 0 Å². The topological polar surface area (TPSA) is 35.6 Å². The average molecular weight is 269 g/mol. The molecule has 19 heavy (non-hydrogen) atoms. The number of carbonyl (C=O) groups is 1. The van der Waals surface area contributed by atoms with Crippen LogP contribution < -0.4 is 5.32 Å². The lowest BCUT2D eigenvalue weighted by Crippen LogP contribution is -2.44. The summed E-state index contributed by atoms with van der Waals surface area (Å²) in [5, 5.41) is 3.42. The Balaban J connectivity index is 2.35. The minimum atomic E-state index is 0.252. The lowest BCUT2D eigenvalue weighted by Gasteiger charge is -2.27. The number of nitrogens with zero attached hydrogens (tertiary/aromatic N) is 2. The summed E-state index contributed by atoms with van der Waals surface area (Å²) >= 11 is 0. The number of hydrogen-bond acceptors (Lipinski definition) is 3. The number of carbonyl (C=O) groups excluding carboxylic acids is 1. The van der Waals surface area contributed by atoms with Crippen molar-refractivity contribution < 1.29 is 4.79 Å². The zero-order valence-corrected chi connectivity index (χ0v) is 13.1. The lowest BCUT2D eigenvalue weighted by atomic mass is 10.2. The molecule has 0 unspecified atom stereocenters. The monoisotopic (exact) mass is 269 g/mol. The van der Waals surface area contributed by atoms with Crippen molar-refractivity contribution in [2.24, 2.45) is 5.92 Å². The maximum absolute atomic E-state index is 12.3. The van der Waals surface area contributed by atoms with Gasteiger partial charge in [0.15, 0.2) is 0 Å². The molecule has 1 aliphatic carbocycles. The van der Waals surface area contributed by atoms with E-state index >= 15 is 0 Å². The molecule has 1 amide bonds. The molecule has 1 N–H and O–H groups in total. The van der Waals surface area contributed by atoms with E-state index in [0.717, 1.165) is 19.6 Å². The van der Waals surface area contributed by atoms with Crippen molar-refractivity contribution in [3.63, 3.8) is 0 Å². The molecule has 0 aromatic rings. The predicted molar refractivity (Wildman–Crippen MR) is 80.2 cm³/mol. The van der Waals surface area contributed by atoms with Crippen LogP contribution in [0.3, 0.4) is 0 Å². The molecule has 1 fully saturated rings. The Kier molecular flexibility index (Phi) is 7.39. The fourth-order valence-corrected chi connectivity index (χ4v) is 2.55. The molecule has 0 spiro atoms. The van der Waals surface area contributed by atoms with E-state index in [-0.39, 0.29) is 5.91 Å². The van der Waals surface area contributed by atoms with Crippen molar-refractivity contribution in [2.75, 3.05) is 40.3 Å². The van der Waals surface area contributed by atoms with E-state index in [4.69, 9.17) is 0 Å². The van der Waals surface area contributed by atoms with Gasteiger partial charge in [0.2, 0.25) is 5.91 Å². The first-order chi connectivity index (χ1) is 8.99. The van der Waals surface area contributed by atoms with Gasteiger partial charge in [0.05, 0.1) is 6.54 Å². The Hall–Kier alpha value is -0.610. The fraction of sp³-hybridized carbons (Fsp3) is 0.933. The van der Waals surface area contributed by atoms with Gasteiger partial charge in [0, 0.05) is 25.7 Å². The molecular formula is C15H31N3O. The van der Waals surface area contributed by atoms with Gasteiger partial charge in [-0.15, -0.1) is 0 Å². The number of hydrogen-bond donors (Lipinski definition) is 1. The molecular weight excluding hydrogens is 238 g/mol. The van der Waals surface area contributed by atoms with E-state index in [1.165, 1.54) is 25.7 Å². The van der Waals surface area contributed by atoms with E-state index in [1.807, 2.05) is 4.90 Å². The molecule has 0 saturated heterocycles. The highest BCUT2D eigenvalue weighted by atomic mass is 16.2. The SMILES string of the molecule is CC(C)CN(CCN(C)C)C(=O)CNC1CCCC1. The van der Waals surface area contributed by atoms with E-state index in [9.17, 15) is 4.79 Å². The molecule has 4 nitrogen and oxygen atoms in total. The third-order valence-electron chi connectivity index (χ3n) is 3.65. The first kappa shape index (κ1) is 16.4. The molecule has 0 aliphatic heterocycles. The Labute approximate surface area is 118 Å². The van der Waals surface area contributed by atoms with Gasteiger partial charge in [-0.3, -0.25) is 4.79 Å². The number of nitrogens with one attached hydrogen (secondary N) is 1. The first-order valence-corrected chi connectivity index (χ1v) is 7.65. The lowest BCUT2D eigenvalue weighted by molar-refractivity contribution is -0.131. The smallest absolute Gasteiger partial charge is 0.236 e. The number of amides is 1. The fourth-order valence-electron chi connectivity index (χ4n) is 2.55. The van der Waals surface area contributed by atoms with E-state index < -0.39 is 0 Å². The van der Waals surface area contributed by atoms with Gasteiger partial charge in [-0.2, -0.15) is 0 Å². The van der Waals surface area contributed by atoms with Gasteiger partial charge in [0.1, 0.15) is 0 Å². The van der Waals surface area contributed by atoms with Crippen LogP contribution >= 0.6 is 0 Å². The summed E-state index contributed by atoms with van der Waals surface area (Å²) in [7, 11) is 4.10.